The topological polar surface area (TPSA) is 74.2 Å². The van der Waals surface area contributed by atoms with Crippen molar-refractivity contribution >= 4 is 11.6 Å². The number of rotatable bonds is 2. The molecule has 18 heavy (non-hydrogen) atoms. The Kier molecular flexibility index (Phi) is 3.87. The van der Waals surface area contributed by atoms with Gasteiger partial charge in [-0.05, 0) is 18.2 Å². The summed E-state index contributed by atoms with van der Waals surface area (Å²) in [5.41, 5.74) is 0.380. The Balaban J connectivity index is 2.09. The van der Waals surface area contributed by atoms with Crippen LogP contribution in [0.25, 0.3) is 0 Å². The van der Waals surface area contributed by atoms with Crippen molar-refractivity contribution in [2.45, 2.75) is 6.10 Å². The third-order valence-electron chi connectivity index (χ3n) is 2.58. The summed E-state index contributed by atoms with van der Waals surface area (Å²) in [5, 5.41) is 14.4. The zero-order valence-corrected chi connectivity index (χ0v) is 9.57. The Hall–Kier alpha value is -1.97. The number of hydrogen-bond acceptors (Lipinski definition) is 4. The highest BCUT2D eigenvalue weighted by molar-refractivity contribution is 5.95. The minimum Gasteiger partial charge on any atom is -0.366 e. The van der Waals surface area contributed by atoms with Crippen LogP contribution in [-0.4, -0.2) is 31.7 Å². The summed E-state index contributed by atoms with van der Waals surface area (Å²) in [7, 11) is 0. The number of benzene rings is 1. The fourth-order valence-corrected chi connectivity index (χ4v) is 1.67. The van der Waals surface area contributed by atoms with Gasteiger partial charge in [0, 0.05) is 13.1 Å². The van der Waals surface area contributed by atoms with Crippen molar-refractivity contribution in [1.29, 1.82) is 5.26 Å². The highest BCUT2D eigenvalue weighted by Crippen LogP contribution is 2.16. The third kappa shape index (κ3) is 2.83. The van der Waals surface area contributed by atoms with Gasteiger partial charge in [-0.1, -0.05) is 0 Å². The van der Waals surface area contributed by atoms with Crippen molar-refractivity contribution in [3.8, 4) is 6.07 Å². The number of carbonyl (C=O) groups is 1. The zero-order chi connectivity index (χ0) is 13.0. The van der Waals surface area contributed by atoms with Crippen LogP contribution in [0.15, 0.2) is 18.2 Å². The van der Waals surface area contributed by atoms with E-state index in [1.807, 2.05) is 6.07 Å². The van der Waals surface area contributed by atoms with E-state index in [2.05, 4.69) is 10.6 Å². The van der Waals surface area contributed by atoms with Crippen molar-refractivity contribution in [3.05, 3.63) is 29.6 Å². The lowest BCUT2D eigenvalue weighted by Gasteiger charge is -2.22. The number of amides is 1. The van der Waals surface area contributed by atoms with Crippen molar-refractivity contribution in [2.24, 2.45) is 0 Å². The Morgan fingerprint density at radius 1 is 1.61 bits per heavy atom. The van der Waals surface area contributed by atoms with Crippen LogP contribution in [0.3, 0.4) is 0 Å². The highest BCUT2D eigenvalue weighted by atomic mass is 19.1. The minimum absolute atomic E-state index is 0.0899. The van der Waals surface area contributed by atoms with Gasteiger partial charge in [-0.2, -0.15) is 5.26 Å². The Labute approximate surface area is 104 Å². The van der Waals surface area contributed by atoms with Crippen LogP contribution < -0.4 is 10.6 Å². The predicted octanol–water partition coefficient (Wildman–Crippen LogP) is 0.624. The van der Waals surface area contributed by atoms with Crippen LogP contribution in [0.5, 0.6) is 0 Å². The first-order chi connectivity index (χ1) is 8.70. The fourth-order valence-electron chi connectivity index (χ4n) is 1.67. The average molecular weight is 249 g/mol. The molecule has 94 valence electrons. The van der Waals surface area contributed by atoms with E-state index in [0.29, 0.717) is 19.7 Å². The number of hydrogen-bond donors (Lipinski definition) is 2. The number of carbonyl (C=O) groups excluding carboxylic acids is 1. The normalized spacial score (nSPS) is 19.0. The highest BCUT2D eigenvalue weighted by Gasteiger charge is 2.22. The van der Waals surface area contributed by atoms with Gasteiger partial charge < -0.3 is 15.4 Å². The lowest BCUT2D eigenvalue weighted by Crippen LogP contribution is -2.45. The van der Waals surface area contributed by atoms with Crippen LogP contribution in [0, 0.1) is 17.1 Å². The second kappa shape index (κ2) is 5.58. The van der Waals surface area contributed by atoms with E-state index >= 15 is 0 Å². The van der Waals surface area contributed by atoms with E-state index < -0.39 is 11.9 Å². The molecule has 1 aliphatic rings. The molecule has 1 aromatic carbocycles. The average Bonchev–Trinajstić information content (AvgIpc) is 2.41. The largest absolute Gasteiger partial charge is 0.366 e. The quantitative estimate of drug-likeness (QED) is 0.806. The van der Waals surface area contributed by atoms with Crippen molar-refractivity contribution in [1.82, 2.24) is 5.32 Å². The lowest BCUT2D eigenvalue weighted by atomic mass is 10.2. The maximum absolute atomic E-state index is 12.9. The van der Waals surface area contributed by atoms with Gasteiger partial charge in [0.1, 0.15) is 18.0 Å². The summed E-state index contributed by atoms with van der Waals surface area (Å²) >= 11 is 0. The van der Waals surface area contributed by atoms with E-state index in [1.165, 1.54) is 12.1 Å². The van der Waals surface area contributed by atoms with Gasteiger partial charge in [0.15, 0.2) is 0 Å². The Bertz CT molecular complexity index is 493. The van der Waals surface area contributed by atoms with Gasteiger partial charge in [-0.25, -0.2) is 4.39 Å². The van der Waals surface area contributed by atoms with Crippen LogP contribution in [0.4, 0.5) is 10.1 Å². The monoisotopic (exact) mass is 249 g/mol. The fraction of sp³-hybridized carbons (Fsp3) is 0.333. The zero-order valence-electron chi connectivity index (χ0n) is 9.57. The molecule has 0 saturated carbocycles. The maximum atomic E-state index is 12.9. The van der Waals surface area contributed by atoms with E-state index in [9.17, 15) is 9.18 Å². The first kappa shape index (κ1) is 12.5. The number of nitrogens with one attached hydrogen (secondary N) is 2. The number of morpholine rings is 1. The van der Waals surface area contributed by atoms with Crippen molar-refractivity contribution in [3.63, 3.8) is 0 Å². The van der Waals surface area contributed by atoms with Gasteiger partial charge in [0.05, 0.1) is 17.9 Å². The molecular formula is C12H12FN3O2. The smallest absolute Gasteiger partial charge is 0.254 e. The molecule has 0 radical (unpaired) electrons. The summed E-state index contributed by atoms with van der Waals surface area (Å²) in [4.78, 5) is 11.8. The number of ether oxygens (including phenoxy) is 1. The molecule has 0 aromatic heterocycles. The molecule has 0 bridgehead atoms. The molecule has 1 fully saturated rings. The maximum Gasteiger partial charge on any atom is 0.254 e. The van der Waals surface area contributed by atoms with Crippen LogP contribution >= 0.6 is 0 Å². The second-order valence-electron chi connectivity index (χ2n) is 3.85. The summed E-state index contributed by atoms with van der Waals surface area (Å²) in [6.07, 6.45) is -0.588. The third-order valence-corrected chi connectivity index (χ3v) is 2.58. The molecule has 5 nitrogen and oxygen atoms in total. The number of nitriles is 1. The molecule has 1 atom stereocenters. The predicted molar refractivity (Wildman–Crippen MR) is 62.4 cm³/mol. The molecule has 1 unspecified atom stereocenters. The first-order valence-corrected chi connectivity index (χ1v) is 5.53. The molecule has 1 saturated heterocycles. The Morgan fingerprint density at radius 2 is 2.44 bits per heavy atom. The van der Waals surface area contributed by atoms with Crippen LogP contribution in [-0.2, 0) is 9.53 Å². The molecule has 1 heterocycles. The Morgan fingerprint density at radius 3 is 3.11 bits per heavy atom. The van der Waals surface area contributed by atoms with Gasteiger partial charge in [-0.15, -0.1) is 0 Å². The number of nitrogens with zero attached hydrogens (tertiary/aromatic N) is 1. The molecule has 1 amide bonds. The molecular weight excluding hydrogens is 237 g/mol. The van der Waals surface area contributed by atoms with Gasteiger partial charge in [0.25, 0.3) is 5.91 Å². The number of halogens is 1. The van der Waals surface area contributed by atoms with E-state index in [1.54, 1.807) is 0 Å². The molecule has 0 aliphatic carbocycles. The van der Waals surface area contributed by atoms with E-state index in [0.717, 1.165) is 6.07 Å². The minimum atomic E-state index is -0.588. The summed E-state index contributed by atoms with van der Waals surface area (Å²) in [5.74, 6) is -0.856. The van der Waals surface area contributed by atoms with Crippen LogP contribution in [0.1, 0.15) is 5.56 Å². The van der Waals surface area contributed by atoms with Gasteiger partial charge >= 0.3 is 0 Å². The first-order valence-electron chi connectivity index (χ1n) is 5.53. The second-order valence-corrected chi connectivity index (χ2v) is 3.85. The lowest BCUT2D eigenvalue weighted by molar-refractivity contribution is -0.128. The molecule has 6 heteroatoms. The molecule has 1 aromatic rings. The van der Waals surface area contributed by atoms with Crippen LogP contribution in [0.2, 0.25) is 0 Å². The summed E-state index contributed by atoms with van der Waals surface area (Å²) < 4.78 is 18.2. The number of anilines is 1. The van der Waals surface area contributed by atoms with Crippen molar-refractivity contribution < 1.29 is 13.9 Å². The van der Waals surface area contributed by atoms with E-state index in [4.69, 9.17) is 10.00 Å². The summed E-state index contributed by atoms with van der Waals surface area (Å²) in [6.45, 7) is 1.60. The summed E-state index contributed by atoms with van der Waals surface area (Å²) in [6, 6.07) is 5.47. The molecule has 2 N–H and O–H groups in total. The van der Waals surface area contributed by atoms with Crippen molar-refractivity contribution in [2.75, 3.05) is 25.0 Å². The standard InChI is InChI=1S/C12H12FN3O2/c13-9-1-2-10(8(5-9)6-14)16-12(17)11-7-15-3-4-18-11/h1-2,5,11,15H,3-4,7H2,(H,16,17). The van der Waals surface area contributed by atoms with E-state index in [-0.39, 0.29) is 17.2 Å². The molecule has 0 spiro atoms. The van der Waals surface area contributed by atoms with Gasteiger partial charge in [0.2, 0.25) is 0 Å². The van der Waals surface area contributed by atoms with Gasteiger partial charge in [-0.3, -0.25) is 4.79 Å². The SMILES string of the molecule is N#Cc1cc(F)ccc1NC(=O)C1CNCCO1. The molecule has 1 aliphatic heterocycles. The molecule has 2 rings (SSSR count).